The zero-order chi connectivity index (χ0) is 13.9. The summed E-state index contributed by atoms with van der Waals surface area (Å²) in [5.41, 5.74) is 0. The van der Waals surface area contributed by atoms with Crippen LogP contribution in [0.15, 0.2) is 0 Å². The number of likely N-dealkylation sites (N-methyl/N-ethyl adjacent to an activating group) is 1. The van der Waals surface area contributed by atoms with E-state index in [0.717, 1.165) is 19.5 Å². The molecule has 2 atom stereocenters. The van der Waals surface area contributed by atoms with Crippen molar-refractivity contribution >= 4 is 5.91 Å². The van der Waals surface area contributed by atoms with Gasteiger partial charge in [0.05, 0.1) is 12.6 Å². The lowest BCUT2D eigenvalue weighted by Crippen LogP contribution is -2.49. The number of piperidine rings is 1. The Morgan fingerprint density at radius 2 is 2.26 bits per heavy atom. The van der Waals surface area contributed by atoms with Gasteiger partial charge in [-0.1, -0.05) is 13.3 Å². The fraction of sp³-hybridized carbons (Fsp3) is 0.923. The number of nitrogens with one attached hydrogen (secondary N) is 2. The first kappa shape index (κ1) is 14.7. The minimum absolute atomic E-state index is 0.293. The fourth-order valence-corrected chi connectivity index (χ4v) is 2.95. The van der Waals surface area contributed by atoms with Crippen LogP contribution >= 0.6 is 0 Å². The van der Waals surface area contributed by atoms with Crippen molar-refractivity contribution in [1.82, 2.24) is 15.5 Å². The quantitative estimate of drug-likeness (QED) is 0.804. The van der Waals surface area contributed by atoms with Gasteiger partial charge < -0.3 is 5.32 Å². The van der Waals surface area contributed by atoms with E-state index >= 15 is 0 Å². The van der Waals surface area contributed by atoms with Crippen LogP contribution < -0.4 is 10.6 Å². The van der Waals surface area contributed by atoms with Crippen molar-refractivity contribution in [2.75, 3.05) is 26.2 Å². The minimum Gasteiger partial charge on any atom is -0.353 e. The molecule has 0 saturated carbocycles. The van der Waals surface area contributed by atoms with E-state index in [9.17, 15) is 13.6 Å². The van der Waals surface area contributed by atoms with E-state index in [0.29, 0.717) is 12.6 Å². The average Bonchev–Trinajstić information content (AvgIpc) is 2.76. The molecule has 0 aromatic carbocycles. The molecule has 0 spiro atoms. The molecule has 2 aliphatic rings. The Labute approximate surface area is 112 Å². The number of likely N-dealkylation sites (tertiary alicyclic amines) is 1. The van der Waals surface area contributed by atoms with Crippen molar-refractivity contribution in [2.24, 2.45) is 0 Å². The van der Waals surface area contributed by atoms with Crippen LogP contribution in [0.4, 0.5) is 8.78 Å². The number of nitrogens with zero attached hydrogens (tertiary/aromatic N) is 1. The maximum Gasteiger partial charge on any atom is 0.262 e. The summed E-state index contributed by atoms with van der Waals surface area (Å²) in [5, 5.41) is 5.40. The fourth-order valence-electron chi connectivity index (χ4n) is 2.95. The maximum absolute atomic E-state index is 13.0. The van der Waals surface area contributed by atoms with Crippen LogP contribution in [-0.4, -0.2) is 55.0 Å². The van der Waals surface area contributed by atoms with Gasteiger partial charge in [-0.15, -0.1) is 0 Å². The summed E-state index contributed by atoms with van der Waals surface area (Å²) < 4.78 is 26.0. The molecule has 110 valence electrons. The van der Waals surface area contributed by atoms with Crippen molar-refractivity contribution < 1.29 is 13.6 Å². The van der Waals surface area contributed by atoms with Crippen LogP contribution in [0.25, 0.3) is 0 Å². The molecule has 0 aromatic heterocycles. The van der Waals surface area contributed by atoms with Crippen LogP contribution in [0, 0.1) is 0 Å². The number of rotatable bonds is 4. The van der Waals surface area contributed by atoms with E-state index < -0.39 is 18.5 Å². The molecule has 0 radical (unpaired) electrons. The summed E-state index contributed by atoms with van der Waals surface area (Å²) in [6, 6.07) is -0.390. The lowest BCUT2D eigenvalue weighted by molar-refractivity contribution is -0.123. The van der Waals surface area contributed by atoms with Gasteiger partial charge in [-0.25, -0.2) is 8.78 Å². The molecule has 2 saturated heterocycles. The SMILES string of the molecule is CCN1CCCCC1CNC(=O)C1CC(F)(F)CN1. The van der Waals surface area contributed by atoms with Crippen molar-refractivity contribution in [3.05, 3.63) is 0 Å². The summed E-state index contributed by atoms with van der Waals surface area (Å²) in [4.78, 5) is 14.2. The summed E-state index contributed by atoms with van der Waals surface area (Å²) in [7, 11) is 0. The number of amides is 1. The first-order valence-electron chi connectivity index (χ1n) is 7.15. The zero-order valence-electron chi connectivity index (χ0n) is 11.4. The zero-order valence-corrected chi connectivity index (χ0v) is 11.4. The summed E-state index contributed by atoms with van der Waals surface area (Å²) in [6.45, 7) is 4.32. The van der Waals surface area contributed by atoms with Crippen molar-refractivity contribution in [3.63, 3.8) is 0 Å². The van der Waals surface area contributed by atoms with Crippen LogP contribution in [0.5, 0.6) is 0 Å². The molecular weight excluding hydrogens is 252 g/mol. The first-order chi connectivity index (χ1) is 9.02. The van der Waals surface area contributed by atoms with E-state index in [4.69, 9.17) is 0 Å². The minimum atomic E-state index is -2.75. The Morgan fingerprint density at radius 1 is 1.47 bits per heavy atom. The van der Waals surface area contributed by atoms with E-state index in [2.05, 4.69) is 22.5 Å². The molecule has 1 amide bonds. The van der Waals surface area contributed by atoms with Gasteiger partial charge in [-0.05, 0) is 25.9 Å². The van der Waals surface area contributed by atoms with E-state index in [1.807, 2.05) is 0 Å². The number of hydrogen-bond acceptors (Lipinski definition) is 3. The molecule has 0 aromatic rings. The van der Waals surface area contributed by atoms with Gasteiger partial charge in [0.15, 0.2) is 0 Å². The third-order valence-electron chi connectivity index (χ3n) is 4.09. The molecule has 2 aliphatic heterocycles. The second-order valence-electron chi connectivity index (χ2n) is 5.52. The Hall–Kier alpha value is -0.750. The largest absolute Gasteiger partial charge is 0.353 e. The smallest absolute Gasteiger partial charge is 0.262 e. The highest BCUT2D eigenvalue weighted by Gasteiger charge is 2.42. The van der Waals surface area contributed by atoms with Crippen LogP contribution in [0.3, 0.4) is 0 Å². The van der Waals surface area contributed by atoms with Gasteiger partial charge in [0.25, 0.3) is 5.92 Å². The van der Waals surface area contributed by atoms with Crippen LogP contribution in [0.1, 0.15) is 32.6 Å². The predicted octanol–water partition coefficient (Wildman–Crippen LogP) is 0.974. The molecule has 6 heteroatoms. The number of carbonyl (C=O) groups is 1. The molecule has 2 N–H and O–H groups in total. The molecular formula is C13H23F2N3O. The number of carbonyl (C=O) groups excluding carboxylic acids is 1. The summed E-state index contributed by atoms with van der Waals surface area (Å²) in [6.07, 6.45) is 3.06. The topological polar surface area (TPSA) is 44.4 Å². The second-order valence-corrected chi connectivity index (χ2v) is 5.52. The molecule has 0 aliphatic carbocycles. The number of hydrogen-bond donors (Lipinski definition) is 2. The lowest BCUT2D eigenvalue weighted by Gasteiger charge is -2.35. The standard InChI is InChI=1S/C13H23F2N3O/c1-2-18-6-4-3-5-10(18)8-16-12(19)11-7-13(14,15)9-17-11/h10-11,17H,2-9H2,1H3,(H,16,19). The average molecular weight is 275 g/mol. The molecule has 19 heavy (non-hydrogen) atoms. The monoisotopic (exact) mass is 275 g/mol. The van der Waals surface area contributed by atoms with E-state index in [-0.39, 0.29) is 12.3 Å². The summed E-state index contributed by atoms with van der Waals surface area (Å²) >= 11 is 0. The maximum atomic E-state index is 13.0. The first-order valence-corrected chi connectivity index (χ1v) is 7.15. The molecule has 2 unspecified atom stereocenters. The second kappa shape index (κ2) is 6.13. The van der Waals surface area contributed by atoms with Gasteiger partial charge in [0, 0.05) is 19.0 Å². The normalized spacial score (nSPS) is 31.3. The van der Waals surface area contributed by atoms with Gasteiger partial charge in [-0.2, -0.15) is 0 Å². The molecule has 2 rings (SSSR count). The number of halogens is 2. The van der Waals surface area contributed by atoms with Crippen molar-refractivity contribution in [1.29, 1.82) is 0 Å². The lowest BCUT2D eigenvalue weighted by atomic mass is 10.0. The molecule has 2 fully saturated rings. The predicted molar refractivity (Wildman–Crippen MR) is 69.3 cm³/mol. The number of alkyl halides is 2. The van der Waals surface area contributed by atoms with Crippen LogP contribution in [0.2, 0.25) is 0 Å². The summed E-state index contributed by atoms with van der Waals surface area (Å²) in [5.74, 6) is -3.04. The highest BCUT2D eigenvalue weighted by Crippen LogP contribution is 2.25. The van der Waals surface area contributed by atoms with E-state index in [1.54, 1.807) is 0 Å². The van der Waals surface area contributed by atoms with Gasteiger partial charge >= 0.3 is 0 Å². The Kier molecular flexibility index (Phi) is 4.73. The molecule has 2 heterocycles. The molecule has 4 nitrogen and oxygen atoms in total. The third-order valence-corrected chi connectivity index (χ3v) is 4.09. The van der Waals surface area contributed by atoms with Crippen molar-refractivity contribution in [3.8, 4) is 0 Å². The Bertz CT molecular complexity index is 325. The highest BCUT2D eigenvalue weighted by atomic mass is 19.3. The Morgan fingerprint density at radius 3 is 2.89 bits per heavy atom. The van der Waals surface area contributed by atoms with Crippen LogP contribution in [-0.2, 0) is 4.79 Å². The van der Waals surface area contributed by atoms with Gasteiger partial charge in [0.2, 0.25) is 5.91 Å². The Balaban J connectivity index is 1.77. The highest BCUT2D eigenvalue weighted by molar-refractivity contribution is 5.82. The van der Waals surface area contributed by atoms with E-state index in [1.165, 1.54) is 12.8 Å². The van der Waals surface area contributed by atoms with Gasteiger partial charge in [-0.3, -0.25) is 15.0 Å². The molecule has 0 bridgehead atoms. The third kappa shape index (κ3) is 3.86. The van der Waals surface area contributed by atoms with Gasteiger partial charge in [0.1, 0.15) is 0 Å². The van der Waals surface area contributed by atoms with Crippen molar-refractivity contribution in [2.45, 2.75) is 50.6 Å².